The smallest absolute Gasteiger partial charge is 0.256 e. The monoisotopic (exact) mass is 611 g/mol. The van der Waals surface area contributed by atoms with Crippen molar-refractivity contribution < 1.29 is 4.42 Å². The summed E-state index contributed by atoms with van der Waals surface area (Å²) >= 11 is 0. The Morgan fingerprint density at radius 1 is 0.977 bits per heavy atom. The molecule has 0 amide bonds. The summed E-state index contributed by atoms with van der Waals surface area (Å²) in [7, 11) is 0.122. The molecule has 1 fully saturated rings. The second-order valence-corrected chi connectivity index (χ2v) is 18.5. The lowest BCUT2D eigenvalue weighted by atomic mass is 10.1. The van der Waals surface area contributed by atoms with Gasteiger partial charge in [0.1, 0.15) is 19.5 Å². The summed E-state index contributed by atoms with van der Waals surface area (Å²) in [5.41, 5.74) is 8.96. The molecular weight excluding hydrogens is 567 g/mol. The number of anilines is 3. The largest absolute Gasteiger partial charge is 0.447 e. The highest BCUT2D eigenvalue weighted by Crippen LogP contribution is 2.41. The highest BCUT2D eigenvalue weighted by molar-refractivity contribution is 6.90. The van der Waals surface area contributed by atoms with E-state index in [1.165, 1.54) is 12.1 Å². The van der Waals surface area contributed by atoms with Gasteiger partial charge in [0.15, 0.2) is 6.39 Å². The number of likely N-dealkylation sites (N-methyl/N-ethyl adjacent to an activating group) is 1. The minimum absolute atomic E-state index is 0.148. The number of nitrogens with one attached hydrogen (secondary N) is 1. The van der Waals surface area contributed by atoms with Crippen molar-refractivity contribution in [2.45, 2.75) is 71.6 Å². The van der Waals surface area contributed by atoms with E-state index in [0.29, 0.717) is 45.1 Å². The van der Waals surface area contributed by atoms with E-state index in [1.54, 1.807) is 17.0 Å². The van der Waals surface area contributed by atoms with Gasteiger partial charge in [-0.1, -0.05) is 47.5 Å². The summed E-state index contributed by atoms with van der Waals surface area (Å²) in [5, 5.41) is 4.10. The molecule has 0 saturated carbocycles. The first-order chi connectivity index (χ1) is 21.0. The van der Waals surface area contributed by atoms with Crippen molar-refractivity contribution in [2.24, 2.45) is 0 Å². The third kappa shape index (κ3) is 6.17. The van der Waals surface area contributed by atoms with Gasteiger partial charge >= 0.3 is 0 Å². The SMILES string of the molecule is Cc1c(C#C[Si](C(C)C)(C(C)C)C(C)C)c2cnc(Nc3ccc(N4CCN(C)CC4)cc3)nc2n(Cc2cnco2)c1=O. The Balaban J connectivity index is 1.57. The highest BCUT2D eigenvalue weighted by Gasteiger charge is 2.41. The van der Waals surface area contributed by atoms with Crippen molar-refractivity contribution in [3.63, 3.8) is 0 Å². The van der Waals surface area contributed by atoms with Crippen LogP contribution in [-0.4, -0.2) is 65.7 Å². The number of pyridine rings is 1. The fourth-order valence-electron chi connectivity index (χ4n) is 6.76. The molecule has 1 aliphatic rings. The Hall–Kier alpha value is -3.94. The number of piperazine rings is 1. The first kappa shape index (κ1) is 31.5. The molecule has 0 unspecified atom stereocenters. The molecule has 0 atom stereocenters. The number of hydrogen-bond donors (Lipinski definition) is 1. The van der Waals surface area contributed by atoms with Gasteiger partial charge in [-0.25, -0.2) is 9.97 Å². The van der Waals surface area contributed by atoms with Crippen molar-refractivity contribution in [1.29, 1.82) is 0 Å². The van der Waals surface area contributed by atoms with Crippen LogP contribution in [0.1, 0.15) is 58.4 Å². The predicted molar refractivity (Wildman–Crippen MR) is 182 cm³/mol. The molecule has 1 aliphatic heterocycles. The molecule has 5 rings (SSSR count). The molecule has 0 bridgehead atoms. The van der Waals surface area contributed by atoms with Crippen LogP contribution in [0.5, 0.6) is 0 Å². The number of hydrogen-bond acceptors (Lipinski definition) is 8. The quantitative estimate of drug-likeness (QED) is 0.186. The summed E-state index contributed by atoms with van der Waals surface area (Å²) in [6.45, 7) is 20.0. The summed E-state index contributed by atoms with van der Waals surface area (Å²) in [6, 6.07) is 8.34. The van der Waals surface area contributed by atoms with Crippen LogP contribution < -0.4 is 15.8 Å². The maximum absolute atomic E-state index is 13.9. The number of oxazole rings is 1. The summed E-state index contributed by atoms with van der Waals surface area (Å²) in [6.07, 6.45) is 4.79. The Kier molecular flexibility index (Phi) is 9.28. The van der Waals surface area contributed by atoms with Gasteiger partial charge in [-0.15, -0.1) is 5.54 Å². The van der Waals surface area contributed by atoms with Gasteiger partial charge < -0.3 is 19.5 Å². The molecule has 3 aromatic heterocycles. The Labute approximate surface area is 261 Å². The molecule has 0 radical (unpaired) electrons. The number of rotatable bonds is 8. The van der Waals surface area contributed by atoms with Gasteiger partial charge in [0.25, 0.3) is 5.56 Å². The molecule has 1 N–H and O–H groups in total. The number of fused-ring (bicyclic) bond motifs is 1. The van der Waals surface area contributed by atoms with E-state index in [-0.39, 0.29) is 12.1 Å². The van der Waals surface area contributed by atoms with E-state index in [0.717, 1.165) is 37.3 Å². The van der Waals surface area contributed by atoms with Gasteiger partial charge in [-0.3, -0.25) is 9.36 Å². The standard InChI is InChI=1S/C34H45N7O2Si/c1-23(2)44(24(3)4,25(5)6)18-13-30-26(7)33(42)41(21-29-19-35-22-43-29)32-31(30)20-36-34(38-32)37-27-9-11-28(12-10-27)40-16-14-39(8)15-17-40/h9-12,19-20,22-25H,14-17,21H2,1-8H3,(H,36,37,38). The molecule has 232 valence electrons. The van der Waals surface area contributed by atoms with Crippen LogP contribution >= 0.6 is 0 Å². The minimum Gasteiger partial charge on any atom is -0.447 e. The van der Waals surface area contributed by atoms with Crippen LogP contribution in [0, 0.1) is 18.4 Å². The van der Waals surface area contributed by atoms with Crippen molar-refractivity contribution in [1.82, 2.24) is 24.4 Å². The molecule has 1 aromatic carbocycles. The van der Waals surface area contributed by atoms with Crippen molar-refractivity contribution in [3.05, 3.63) is 70.3 Å². The van der Waals surface area contributed by atoms with Gasteiger partial charge in [0.05, 0.1) is 18.1 Å². The number of nitrogens with zero attached hydrogens (tertiary/aromatic N) is 6. The molecule has 9 nitrogen and oxygen atoms in total. The zero-order valence-corrected chi connectivity index (χ0v) is 28.3. The number of benzene rings is 1. The lowest BCUT2D eigenvalue weighted by molar-refractivity contribution is 0.313. The molecule has 10 heteroatoms. The van der Waals surface area contributed by atoms with Gasteiger partial charge in [-0.05, 0) is 54.9 Å². The van der Waals surface area contributed by atoms with Gasteiger partial charge in [0, 0.05) is 54.9 Å². The fraction of sp³-hybridized carbons (Fsp3) is 0.471. The van der Waals surface area contributed by atoms with Gasteiger partial charge in [0.2, 0.25) is 5.95 Å². The Morgan fingerprint density at radius 3 is 2.23 bits per heavy atom. The van der Waals surface area contributed by atoms with Crippen molar-refractivity contribution in [3.8, 4) is 11.5 Å². The minimum atomic E-state index is -2.04. The zero-order chi connectivity index (χ0) is 31.6. The number of aromatic nitrogens is 4. The maximum atomic E-state index is 13.9. The lowest BCUT2D eigenvalue weighted by Gasteiger charge is -2.38. The average Bonchev–Trinajstić information content (AvgIpc) is 3.51. The van der Waals surface area contributed by atoms with E-state index in [1.807, 2.05) is 19.1 Å². The van der Waals surface area contributed by atoms with Gasteiger partial charge in [-0.2, -0.15) is 4.98 Å². The van der Waals surface area contributed by atoms with Crippen molar-refractivity contribution in [2.75, 3.05) is 43.4 Å². The maximum Gasteiger partial charge on any atom is 0.256 e. The van der Waals surface area contributed by atoms with E-state index >= 15 is 0 Å². The lowest BCUT2D eigenvalue weighted by Crippen LogP contribution is -2.44. The van der Waals surface area contributed by atoms with Crippen molar-refractivity contribution >= 4 is 36.4 Å². The summed E-state index contributed by atoms with van der Waals surface area (Å²) in [4.78, 5) is 32.3. The van der Waals surface area contributed by atoms with Crippen LogP contribution in [0.4, 0.5) is 17.3 Å². The molecule has 1 saturated heterocycles. The second kappa shape index (κ2) is 13.0. The Morgan fingerprint density at radius 2 is 1.64 bits per heavy atom. The van der Waals surface area contributed by atoms with Crippen LogP contribution in [0.15, 0.2) is 52.3 Å². The van der Waals surface area contributed by atoms with Crippen LogP contribution in [0.25, 0.3) is 11.0 Å². The van der Waals surface area contributed by atoms with E-state index < -0.39 is 8.07 Å². The molecule has 0 aliphatic carbocycles. The van der Waals surface area contributed by atoms with E-state index in [2.05, 4.69) is 92.3 Å². The van der Waals surface area contributed by atoms with E-state index in [4.69, 9.17) is 14.4 Å². The van der Waals surface area contributed by atoms with Crippen LogP contribution in [0.3, 0.4) is 0 Å². The Bertz CT molecular complexity index is 1690. The third-order valence-corrected chi connectivity index (χ3v) is 15.6. The predicted octanol–water partition coefficient (Wildman–Crippen LogP) is 6.20. The summed E-state index contributed by atoms with van der Waals surface area (Å²) in [5.74, 6) is 4.52. The van der Waals surface area contributed by atoms with Crippen LogP contribution in [0.2, 0.25) is 16.6 Å². The molecular formula is C34H45N7O2Si. The molecule has 0 spiro atoms. The first-order valence-electron chi connectivity index (χ1n) is 15.6. The van der Waals surface area contributed by atoms with Crippen LogP contribution in [-0.2, 0) is 6.54 Å². The third-order valence-electron chi connectivity index (χ3n) is 9.29. The average molecular weight is 612 g/mol. The summed E-state index contributed by atoms with van der Waals surface area (Å²) < 4.78 is 7.15. The zero-order valence-electron chi connectivity index (χ0n) is 27.3. The topological polar surface area (TPSA) is 92.3 Å². The molecule has 4 aromatic rings. The molecule has 4 heterocycles. The fourth-order valence-corrected chi connectivity index (χ4v) is 12.0. The van der Waals surface area contributed by atoms with E-state index in [9.17, 15) is 4.79 Å². The second-order valence-electron chi connectivity index (χ2n) is 12.9. The highest BCUT2D eigenvalue weighted by atomic mass is 28.3. The first-order valence-corrected chi connectivity index (χ1v) is 17.9. The molecule has 44 heavy (non-hydrogen) atoms. The normalized spacial score (nSPS) is 14.5.